The molecule has 88 valence electrons. The molecule has 1 fully saturated rings. The van der Waals surface area contributed by atoms with E-state index in [1.165, 1.54) is 12.0 Å². The maximum Gasteiger partial charge on any atom is 0.0620 e. The Hall–Kier alpha value is -0.930. The Morgan fingerprint density at radius 1 is 1.62 bits per heavy atom. The van der Waals surface area contributed by atoms with E-state index in [9.17, 15) is 0 Å². The Morgan fingerprint density at radius 2 is 2.56 bits per heavy atom. The van der Waals surface area contributed by atoms with E-state index in [2.05, 4.69) is 23.3 Å². The van der Waals surface area contributed by atoms with Crippen LogP contribution in [0.3, 0.4) is 0 Å². The van der Waals surface area contributed by atoms with Crippen LogP contribution in [0.4, 0.5) is 0 Å². The molecule has 2 heterocycles. The molecule has 0 spiro atoms. The molecular weight excluding hydrogens is 200 g/mol. The van der Waals surface area contributed by atoms with Gasteiger partial charge in [0.1, 0.15) is 0 Å². The van der Waals surface area contributed by atoms with E-state index in [0.29, 0.717) is 12.1 Å². The summed E-state index contributed by atoms with van der Waals surface area (Å²) in [6.45, 7) is 3.96. The number of aromatic nitrogens is 1. The summed E-state index contributed by atoms with van der Waals surface area (Å²) in [6.07, 6.45) is 7.25. The molecule has 1 aromatic rings. The maximum absolute atomic E-state index is 5.39. The van der Waals surface area contributed by atoms with E-state index in [1.54, 1.807) is 0 Å². The van der Waals surface area contributed by atoms with Crippen LogP contribution in [0.1, 0.15) is 37.8 Å². The standard InChI is InChI=1S/C13H20N2O/c1-2-4-13(11-5-3-7-14-9-11)15-12-6-8-16-10-12/h3,5,7,9,12-13,15H,2,4,6,8,10H2,1H3. The largest absolute Gasteiger partial charge is 0.380 e. The Morgan fingerprint density at radius 3 is 3.19 bits per heavy atom. The molecular formula is C13H20N2O. The highest BCUT2D eigenvalue weighted by Gasteiger charge is 2.20. The zero-order valence-electron chi connectivity index (χ0n) is 9.86. The van der Waals surface area contributed by atoms with Gasteiger partial charge in [0.2, 0.25) is 0 Å². The SMILES string of the molecule is CCCC(NC1CCOC1)c1cccnc1. The number of pyridine rings is 1. The number of hydrogen-bond donors (Lipinski definition) is 1. The highest BCUT2D eigenvalue weighted by Crippen LogP contribution is 2.19. The van der Waals surface area contributed by atoms with Gasteiger partial charge in [-0.15, -0.1) is 0 Å². The van der Waals surface area contributed by atoms with Gasteiger partial charge >= 0.3 is 0 Å². The fourth-order valence-electron chi connectivity index (χ4n) is 2.17. The molecule has 1 aromatic heterocycles. The van der Waals surface area contributed by atoms with Crippen molar-refractivity contribution in [2.75, 3.05) is 13.2 Å². The lowest BCUT2D eigenvalue weighted by Crippen LogP contribution is -2.33. The fourth-order valence-corrected chi connectivity index (χ4v) is 2.17. The van der Waals surface area contributed by atoms with Crippen molar-refractivity contribution in [1.82, 2.24) is 10.3 Å². The van der Waals surface area contributed by atoms with Crippen LogP contribution in [0, 0.1) is 0 Å². The molecule has 16 heavy (non-hydrogen) atoms. The number of rotatable bonds is 5. The summed E-state index contributed by atoms with van der Waals surface area (Å²) in [6, 6.07) is 5.09. The zero-order valence-corrected chi connectivity index (χ0v) is 9.86. The Balaban J connectivity index is 1.99. The predicted octanol–water partition coefficient (Wildman–Crippen LogP) is 2.30. The predicted molar refractivity (Wildman–Crippen MR) is 64.2 cm³/mol. The molecule has 1 N–H and O–H groups in total. The molecule has 3 heteroatoms. The van der Waals surface area contributed by atoms with Crippen molar-refractivity contribution in [2.24, 2.45) is 0 Å². The Labute approximate surface area is 97.2 Å². The first-order valence-corrected chi connectivity index (χ1v) is 6.14. The van der Waals surface area contributed by atoms with Crippen LogP contribution in [0.5, 0.6) is 0 Å². The normalized spacial score (nSPS) is 22.2. The molecule has 0 saturated carbocycles. The van der Waals surface area contributed by atoms with Gasteiger partial charge in [-0.05, 0) is 24.5 Å². The lowest BCUT2D eigenvalue weighted by Gasteiger charge is -2.21. The van der Waals surface area contributed by atoms with Gasteiger partial charge in [-0.2, -0.15) is 0 Å². The second kappa shape index (κ2) is 5.97. The maximum atomic E-state index is 5.39. The van der Waals surface area contributed by atoms with Gasteiger partial charge in [0.25, 0.3) is 0 Å². The lowest BCUT2D eigenvalue weighted by molar-refractivity contribution is 0.187. The minimum Gasteiger partial charge on any atom is -0.380 e. The van der Waals surface area contributed by atoms with Crippen LogP contribution in [0.15, 0.2) is 24.5 Å². The van der Waals surface area contributed by atoms with Crippen LogP contribution < -0.4 is 5.32 Å². The van der Waals surface area contributed by atoms with Gasteiger partial charge < -0.3 is 10.1 Å². The minimum absolute atomic E-state index is 0.422. The van der Waals surface area contributed by atoms with Crippen LogP contribution in [-0.2, 0) is 4.74 Å². The number of hydrogen-bond acceptors (Lipinski definition) is 3. The summed E-state index contributed by atoms with van der Waals surface area (Å²) < 4.78 is 5.39. The monoisotopic (exact) mass is 220 g/mol. The molecule has 0 bridgehead atoms. The first-order valence-electron chi connectivity index (χ1n) is 6.14. The number of nitrogens with zero attached hydrogens (tertiary/aromatic N) is 1. The number of nitrogens with one attached hydrogen (secondary N) is 1. The summed E-state index contributed by atoms with van der Waals surface area (Å²) >= 11 is 0. The van der Waals surface area contributed by atoms with Crippen LogP contribution in [0.2, 0.25) is 0 Å². The molecule has 0 aliphatic carbocycles. The lowest BCUT2D eigenvalue weighted by atomic mass is 10.0. The summed E-state index contributed by atoms with van der Waals surface area (Å²) in [5.41, 5.74) is 1.29. The van der Waals surface area contributed by atoms with E-state index >= 15 is 0 Å². The number of ether oxygens (including phenoxy) is 1. The minimum atomic E-state index is 0.422. The molecule has 0 amide bonds. The molecule has 1 saturated heterocycles. The molecule has 3 nitrogen and oxygen atoms in total. The highest BCUT2D eigenvalue weighted by atomic mass is 16.5. The van der Waals surface area contributed by atoms with E-state index < -0.39 is 0 Å². The van der Waals surface area contributed by atoms with E-state index in [-0.39, 0.29) is 0 Å². The average Bonchev–Trinajstić information content (AvgIpc) is 2.83. The van der Waals surface area contributed by atoms with Gasteiger partial charge in [-0.3, -0.25) is 4.98 Å². The first kappa shape index (κ1) is 11.6. The molecule has 2 rings (SSSR count). The second-order valence-electron chi connectivity index (χ2n) is 4.35. The fraction of sp³-hybridized carbons (Fsp3) is 0.615. The van der Waals surface area contributed by atoms with E-state index in [4.69, 9.17) is 4.74 Å². The third-order valence-corrected chi connectivity index (χ3v) is 3.03. The van der Waals surface area contributed by atoms with Crippen molar-refractivity contribution < 1.29 is 4.74 Å². The average molecular weight is 220 g/mol. The quantitative estimate of drug-likeness (QED) is 0.826. The van der Waals surface area contributed by atoms with Crippen molar-refractivity contribution in [3.63, 3.8) is 0 Å². The van der Waals surface area contributed by atoms with Crippen LogP contribution in [-0.4, -0.2) is 24.2 Å². The molecule has 1 aliphatic rings. The summed E-state index contributed by atoms with van der Waals surface area (Å²) in [5.74, 6) is 0. The van der Waals surface area contributed by atoms with Crippen LogP contribution in [0.25, 0.3) is 0 Å². The van der Waals surface area contributed by atoms with Crippen molar-refractivity contribution >= 4 is 0 Å². The third kappa shape index (κ3) is 3.03. The van der Waals surface area contributed by atoms with Crippen molar-refractivity contribution in [1.29, 1.82) is 0 Å². The van der Waals surface area contributed by atoms with Crippen molar-refractivity contribution in [3.8, 4) is 0 Å². The molecule has 2 atom stereocenters. The molecule has 0 radical (unpaired) electrons. The summed E-state index contributed by atoms with van der Waals surface area (Å²) in [4.78, 5) is 4.19. The molecule has 2 unspecified atom stereocenters. The third-order valence-electron chi connectivity index (χ3n) is 3.03. The molecule has 0 aromatic carbocycles. The van der Waals surface area contributed by atoms with Gasteiger partial charge in [0, 0.05) is 31.1 Å². The van der Waals surface area contributed by atoms with E-state index in [1.807, 2.05) is 18.5 Å². The second-order valence-corrected chi connectivity index (χ2v) is 4.35. The van der Waals surface area contributed by atoms with Gasteiger partial charge in [-0.25, -0.2) is 0 Å². The van der Waals surface area contributed by atoms with Gasteiger partial charge in [0.05, 0.1) is 6.61 Å². The first-order chi connectivity index (χ1) is 7.90. The van der Waals surface area contributed by atoms with Gasteiger partial charge in [-0.1, -0.05) is 19.4 Å². The Kier molecular flexibility index (Phi) is 4.31. The smallest absolute Gasteiger partial charge is 0.0620 e. The summed E-state index contributed by atoms with van der Waals surface area (Å²) in [7, 11) is 0. The van der Waals surface area contributed by atoms with Crippen molar-refractivity contribution in [3.05, 3.63) is 30.1 Å². The zero-order chi connectivity index (χ0) is 11.2. The Bertz CT molecular complexity index is 296. The van der Waals surface area contributed by atoms with Gasteiger partial charge in [0.15, 0.2) is 0 Å². The summed E-state index contributed by atoms with van der Waals surface area (Å²) in [5, 5.41) is 3.67. The topological polar surface area (TPSA) is 34.1 Å². The molecule has 1 aliphatic heterocycles. The van der Waals surface area contributed by atoms with E-state index in [0.717, 1.165) is 26.1 Å². The van der Waals surface area contributed by atoms with Crippen molar-refractivity contribution in [2.45, 2.75) is 38.3 Å². The van der Waals surface area contributed by atoms with Crippen LogP contribution >= 0.6 is 0 Å². The highest BCUT2D eigenvalue weighted by molar-refractivity contribution is 5.14.